The van der Waals surface area contributed by atoms with E-state index in [1.807, 2.05) is 24.3 Å². The second-order valence-electron chi connectivity index (χ2n) is 18.3. The van der Waals surface area contributed by atoms with Crippen LogP contribution in [-0.2, 0) is 18.9 Å². The fourth-order valence-electron chi connectivity index (χ4n) is 9.42. The lowest BCUT2D eigenvalue weighted by molar-refractivity contribution is -0.131. The third kappa shape index (κ3) is 11.9. The van der Waals surface area contributed by atoms with E-state index in [2.05, 4.69) is 61.3 Å². The summed E-state index contributed by atoms with van der Waals surface area (Å²) in [6.07, 6.45) is 17.2. The quantitative estimate of drug-likeness (QED) is 0.0349. The smallest absolute Gasteiger partial charge is 0.254 e. The van der Waals surface area contributed by atoms with Gasteiger partial charge in [-0.15, -0.1) is 5.92 Å². The summed E-state index contributed by atoms with van der Waals surface area (Å²) in [5.74, 6) is 8.29. The van der Waals surface area contributed by atoms with E-state index in [9.17, 15) is 18.9 Å². The van der Waals surface area contributed by atoms with Crippen LogP contribution in [0.3, 0.4) is 0 Å². The van der Waals surface area contributed by atoms with Crippen molar-refractivity contribution >= 4 is 71.0 Å². The highest BCUT2D eigenvalue weighted by Crippen LogP contribution is 2.50. The van der Waals surface area contributed by atoms with E-state index in [4.69, 9.17) is 21.3 Å². The molecule has 1 spiro atoms. The minimum absolute atomic E-state index is 0.161. The first-order valence-corrected chi connectivity index (χ1v) is 26.2. The second kappa shape index (κ2) is 21.9. The van der Waals surface area contributed by atoms with Crippen molar-refractivity contribution in [3.8, 4) is 17.6 Å². The number of halogens is 1. The maximum Gasteiger partial charge on any atom is 0.254 e. The summed E-state index contributed by atoms with van der Waals surface area (Å²) >= 11 is 6.57. The second-order valence-corrected chi connectivity index (χ2v) is 21.9. The van der Waals surface area contributed by atoms with Crippen LogP contribution < -0.4 is 30.9 Å². The molecular formula is C51H64ClN8O5P. The molecule has 2 amide bonds. The van der Waals surface area contributed by atoms with Gasteiger partial charge in [0.25, 0.3) is 5.91 Å². The number of benzene rings is 2. The van der Waals surface area contributed by atoms with E-state index in [0.29, 0.717) is 52.3 Å². The lowest BCUT2D eigenvalue weighted by Crippen LogP contribution is -2.47. The first kappa shape index (κ1) is 48.5. The molecule has 3 aromatic rings. The number of carbonyl (C=O) groups excluding carboxylic acids is 3. The van der Waals surface area contributed by atoms with Crippen molar-refractivity contribution in [2.24, 2.45) is 5.41 Å². The average molecular weight is 936 g/mol. The molecule has 3 aliphatic heterocycles. The van der Waals surface area contributed by atoms with Gasteiger partial charge in [-0.25, -0.2) is 4.98 Å². The van der Waals surface area contributed by atoms with Gasteiger partial charge in [0.05, 0.1) is 30.7 Å². The number of rotatable bonds is 19. The molecule has 13 nitrogen and oxygen atoms in total. The zero-order valence-electron chi connectivity index (χ0n) is 38.8. The van der Waals surface area contributed by atoms with Gasteiger partial charge in [0.2, 0.25) is 11.9 Å². The number of nitrogens with zero attached hydrogens (tertiary/aromatic N) is 5. The Balaban J connectivity index is 0.904. The van der Waals surface area contributed by atoms with Crippen molar-refractivity contribution in [3.63, 3.8) is 0 Å². The third-order valence-corrected chi connectivity index (χ3v) is 15.3. The number of hydrogen-bond acceptors (Lipinski definition) is 11. The van der Waals surface area contributed by atoms with Crippen molar-refractivity contribution < 1.29 is 23.7 Å². The predicted octanol–water partition coefficient (Wildman–Crippen LogP) is 8.58. The van der Waals surface area contributed by atoms with Crippen LogP contribution in [0.5, 0.6) is 5.75 Å². The molecule has 1 aliphatic carbocycles. The molecule has 1 atom stereocenters. The minimum Gasteiger partial charge on any atom is -0.494 e. The van der Waals surface area contributed by atoms with Crippen LogP contribution in [-0.4, -0.2) is 111 Å². The topological polar surface area (TPSA) is 149 Å². The van der Waals surface area contributed by atoms with Gasteiger partial charge < -0.3 is 44.7 Å². The number of nitrogens with one attached hydrogen (secondary N) is 3. The number of piperidine rings is 2. The third-order valence-electron chi connectivity index (χ3n) is 13.5. The molecule has 3 N–H and O–H groups in total. The lowest BCUT2D eigenvalue weighted by Gasteiger charge is -2.47. The number of carbonyl (C=O) groups is 3. The molecule has 3 fully saturated rings. The average Bonchev–Trinajstić information content (AvgIpc) is 4.12. The molecule has 0 radical (unpaired) electrons. The zero-order valence-corrected chi connectivity index (χ0v) is 40.5. The van der Waals surface area contributed by atoms with E-state index in [0.717, 1.165) is 74.2 Å². The molecule has 2 aromatic carbocycles. The molecule has 2 saturated heterocycles. The van der Waals surface area contributed by atoms with E-state index in [1.165, 1.54) is 49.8 Å². The van der Waals surface area contributed by atoms with Crippen molar-refractivity contribution in [1.29, 1.82) is 0 Å². The van der Waals surface area contributed by atoms with Crippen LogP contribution in [0.25, 0.3) is 0 Å². The summed E-state index contributed by atoms with van der Waals surface area (Å²) in [5.41, 5.74) is 5.90. The molecule has 4 heterocycles. The Bertz CT molecular complexity index is 2450. The van der Waals surface area contributed by atoms with Gasteiger partial charge in [0.1, 0.15) is 24.2 Å². The Morgan fingerprint density at radius 2 is 1.82 bits per heavy atom. The summed E-state index contributed by atoms with van der Waals surface area (Å²) < 4.78 is 19.0. The highest BCUT2D eigenvalue weighted by Gasteiger charge is 2.39. The Kier molecular flexibility index (Phi) is 16.1. The zero-order chi connectivity index (χ0) is 46.8. The number of para-hydroxylation sites is 1. The Morgan fingerprint density at radius 1 is 1.08 bits per heavy atom. The van der Waals surface area contributed by atoms with Crippen LogP contribution in [0, 0.1) is 17.3 Å². The first-order chi connectivity index (χ1) is 31.8. The Hall–Kier alpha value is -5.41. The number of methoxy groups -OCH3 is 1. The van der Waals surface area contributed by atoms with E-state index >= 15 is 0 Å². The minimum atomic E-state index is -2.56. The number of aromatic nitrogens is 2. The normalized spacial score (nSPS) is 18.0. The van der Waals surface area contributed by atoms with E-state index in [1.54, 1.807) is 56.8 Å². The highest BCUT2D eigenvalue weighted by atomic mass is 35.5. The van der Waals surface area contributed by atoms with Crippen LogP contribution in [0.1, 0.15) is 82.1 Å². The summed E-state index contributed by atoms with van der Waals surface area (Å²) in [6, 6.07) is 11.2. The van der Waals surface area contributed by atoms with Crippen molar-refractivity contribution in [3.05, 3.63) is 89.1 Å². The van der Waals surface area contributed by atoms with Gasteiger partial charge in [0, 0.05) is 68.6 Å². The van der Waals surface area contributed by atoms with Gasteiger partial charge in [-0.1, -0.05) is 48.4 Å². The molecule has 0 bridgehead atoms. The summed E-state index contributed by atoms with van der Waals surface area (Å²) in [4.78, 5) is 53.0. The fourth-order valence-corrected chi connectivity index (χ4v) is 10.7. The summed E-state index contributed by atoms with van der Waals surface area (Å²) in [5, 5.41) is 10.4. The monoisotopic (exact) mass is 934 g/mol. The van der Waals surface area contributed by atoms with Crippen LogP contribution in [0.4, 0.5) is 28.8 Å². The number of amides is 2. The van der Waals surface area contributed by atoms with Gasteiger partial charge in [-0.05, 0) is 131 Å². The Morgan fingerprint density at radius 3 is 2.50 bits per heavy atom. The van der Waals surface area contributed by atoms with Crippen molar-refractivity contribution in [2.75, 3.05) is 82.3 Å². The van der Waals surface area contributed by atoms with Gasteiger partial charge >= 0.3 is 0 Å². The molecule has 1 aromatic heterocycles. The number of aldehydes is 1. The lowest BCUT2D eigenvalue weighted by atomic mass is 9.71. The largest absolute Gasteiger partial charge is 0.494 e. The molecule has 15 heteroatoms. The van der Waals surface area contributed by atoms with Crippen molar-refractivity contribution in [1.82, 2.24) is 25.1 Å². The van der Waals surface area contributed by atoms with Crippen LogP contribution >= 0.6 is 18.7 Å². The maximum atomic E-state index is 13.3. The summed E-state index contributed by atoms with van der Waals surface area (Å²) in [7, 11) is 0.698. The van der Waals surface area contributed by atoms with Gasteiger partial charge in [-0.2, -0.15) is 4.98 Å². The highest BCUT2D eigenvalue weighted by molar-refractivity contribution is 7.70. The molecule has 1 unspecified atom stereocenters. The van der Waals surface area contributed by atoms with Gasteiger partial charge in [-0.3, -0.25) is 9.59 Å². The molecular weight excluding hydrogens is 871 g/mol. The maximum absolute atomic E-state index is 13.3. The van der Waals surface area contributed by atoms with E-state index in [-0.39, 0.29) is 24.7 Å². The molecule has 66 heavy (non-hydrogen) atoms. The molecule has 1 saturated carbocycles. The number of allylic oxidation sites excluding steroid dienone is 2. The Labute approximate surface area is 395 Å². The SMILES string of the molecule is C=C/C=C\C1=C(CC#CCCCN2CCC3(CC2)CCN(c2cc(OC)c(Nc4ncc(Cl)c(Nc5ccccc5P(C)(C)=O)n4)cc2C2CC2)CC3)CN(C(C=O)CCC(=O)NC)C1=O. The fraction of sp³-hybridized carbons (Fsp3) is 0.471. The van der Waals surface area contributed by atoms with Crippen molar-refractivity contribution in [2.45, 2.75) is 82.6 Å². The number of unbranched alkanes of at least 4 members (excludes halogenated alkanes) is 1. The number of ether oxygens (including phenoxy) is 1. The molecule has 4 aliphatic rings. The predicted molar refractivity (Wildman–Crippen MR) is 267 cm³/mol. The number of likely N-dealkylation sites (tertiary alicyclic amines) is 1. The standard InChI is InChI=1S/C51H64ClN8O5P/c1-6-7-15-39-37(34-60(49(39)63)38(35-61)20-21-47(62)53-2)14-10-8-9-13-26-58-27-22-51(23-28-58)24-29-59(30-25-51)44-32-45(65-3)43(31-40(44)36-18-19-36)56-50-54-33-41(52)48(57-50)55-42-16-11-12-17-46(42)66(4,5)64/h6-7,11-12,15-17,31-33,35-36,38H,1,9,13-14,18-30,34H2,2-5H3,(H,53,62)(H2,54,55,56,57)/b15-7-. The summed E-state index contributed by atoms with van der Waals surface area (Å²) in [6.45, 7) is 12.8. The first-order valence-electron chi connectivity index (χ1n) is 23.2. The molecule has 7 rings (SSSR count). The number of anilines is 5. The number of hydrogen-bond donors (Lipinski definition) is 3. The van der Waals surface area contributed by atoms with Crippen LogP contribution in [0.2, 0.25) is 5.02 Å². The van der Waals surface area contributed by atoms with Crippen LogP contribution in [0.15, 0.2) is 78.5 Å². The van der Waals surface area contributed by atoms with Gasteiger partial charge in [0.15, 0.2) is 5.82 Å². The van der Waals surface area contributed by atoms with E-state index < -0.39 is 13.2 Å². The molecule has 350 valence electrons.